The van der Waals surface area contributed by atoms with E-state index in [1.54, 1.807) is 0 Å². The molecule has 12 heavy (non-hydrogen) atoms. The third-order valence-electron chi connectivity index (χ3n) is 1.92. The molecule has 0 spiro atoms. The normalized spacial score (nSPS) is 49.2. The summed E-state index contributed by atoms with van der Waals surface area (Å²) in [5.74, 6) is 0. The van der Waals surface area contributed by atoms with Crippen molar-refractivity contribution in [2.45, 2.75) is 30.7 Å². The van der Waals surface area contributed by atoms with Gasteiger partial charge in [-0.3, -0.25) is 0 Å². The van der Waals surface area contributed by atoms with Gasteiger partial charge in [0.2, 0.25) is 0 Å². The van der Waals surface area contributed by atoms with Crippen LogP contribution in [-0.2, 0) is 4.74 Å². The summed E-state index contributed by atoms with van der Waals surface area (Å²) < 4.78 is 4.70. The molecule has 1 rings (SSSR count). The highest BCUT2D eigenvalue weighted by atomic mass is 16.6. The fourth-order valence-electron chi connectivity index (χ4n) is 1.13. The Morgan fingerprint density at radius 2 is 1.58 bits per heavy atom. The number of rotatable bonds is 1. The third kappa shape index (κ3) is 1.58. The Bertz CT molecular complexity index is 150. The molecule has 4 unspecified atom stereocenters. The van der Waals surface area contributed by atoms with Crippen LogP contribution in [0.1, 0.15) is 0 Å². The van der Waals surface area contributed by atoms with Crippen LogP contribution < -0.4 is 5.73 Å². The second-order valence-corrected chi connectivity index (χ2v) is 2.77. The number of ether oxygens (including phenoxy) is 1. The average Bonchev–Trinajstić information content (AvgIpc) is 2.08. The fourth-order valence-corrected chi connectivity index (χ4v) is 1.13. The quantitative estimate of drug-likeness (QED) is 0.288. The van der Waals surface area contributed by atoms with E-state index in [-0.39, 0.29) is 6.54 Å². The van der Waals surface area contributed by atoms with Crippen molar-refractivity contribution in [2.24, 2.45) is 5.73 Å². The summed E-state index contributed by atoms with van der Waals surface area (Å²) in [6, 6.07) is 0. The fraction of sp³-hybridized carbons (Fsp3) is 1.00. The zero-order valence-corrected chi connectivity index (χ0v) is 6.37. The van der Waals surface area contributed by atoms with E-state index in [1.165, 1.54) is 0 Å². The highest BCUT2D eigenvalue weighted by Gasteiger charge is 2.42. The van der Waals surface area contributed by atoms with Gasteiger partial charge in [-0.15, -0.1) is 0 Å². The second kappa shape index (κ2) is 3.65. The first kappa shape index (κ1) is 9.85. The van der Waals surface area contributed by atoms with E-state index in [4.69, 9.17) is 25.8 Å². The number of hydrogen-bond acceptors (Lipinski definition) is 6. The van der Waals surface area contributed by atoms with Crippen LogP contribution in [0.5, 0.6) is 0 Å². The predicted molar refractivity (Wildman–Crippen MR) is 38.0 cm³/mol. The molecule has 1 aliphatic rings. The van der Waals surface area contributed by atoms with Crippen LogP contribution in [0.15, 0.2) is 0 Å². The summed E-state index contributed by atoms with van der Waals surface area (Å²) in [5.41, 5.74) is 5.17. The van der Waals surface area contributed by atoms with Crippen LogP contribution in [0, 0.1) is 0 Å². The Morgan fingerprint density at radius 3 is 2.08 bits per heavy atom. The number of nitrogens with two attached hydrogens (primary N) is 1. The van der Waals surface area contributed by atoms with Gasteiger partial charge in [-0.2, -0.15) is 0 Å². The van der Waals surface area contributed by atoms with Crippen LogP contribution in [0.3, 0.4) is 0 Å². The Balaban J connectivity index is 2.63. The van der Waals surface area contributed by atoms with Gasteiger partial charge in [0.1, 0.15) is 24.4 Å². The molecule has 0 bridgehead atoms. The SMILES string of the molecule is NCC1OC(O)C(O)C(O)[C@@H]1O. The molecular weight excluding hydrogens is 166 g/mol. The summed E-state index contributed by atoms with van der Waals surface area (Å²) in [4.78, 5) is 0. The van der Waals surface area contributed by atoms with Gasteiger partial charge in [0.25, 0.3) is 0 Å². The van der Waals surface area contributed by atoms with Crippen LogP contribution >= 0.6 is 0 Å². The summed E-state index contributed by atoms with van der Waals surface area (Å²) in [5, 5.41) is 36.3. The maximum absolute atomic E-state index is 9.20. The number of aliphatic hydroxyl groups is 4. The second-order valence-electron chi connectivity index (χ2n) is 2.77. The monoisotopic (exact) mass is 179 g/mol. The van der Waals surface area contributed by atoms with Gasteiger partial charge in [0.05, 0.1) is 0 Å². The molecule has 0 aromatic heterocycles. The molecule has 0 radical (unpaired) electrons. The molecule has 0 saturated carbocycles. The first-order valence-corrected chi connectivity index (χ1v) is 3.65. The summed E-state index contributed by atoms with van der Waals surface area (Å²) in [6.07, 6.45) is -6.48. The van der Waals surface area contributed by atoms with Crippen molar-refractivity contribution < 1.29 is 25.2 Å². The highest BCUT2D eigenvalue weighted by molar-refractivity contribution is 4.88. The van der Waals surface area contributed by atoms with E-state index in [2.05, 4.69) is 0 Å². The maximum Gasteiger partial charge on any atom is 0.184 e. The minimum atomic E-state index is -1.49. The van der Waals surface area contributed by atoms with E-state index < -0.39 is 30.7 Å². The smallest absolute Gasteiger partial charge is 0.184 e. The molecule has 6 N–H and O–H groups in total. The molecule has 0 amide bonds. The molecule has 1 saturated heterocycles. The Labute approximate surface area is 69.2 Å². The Hall–Kier alpha value is -0.240. The number of aliphatic hydroxyl groups excluding tert-OH is 4. The molecule has 0 aromatic rings. The Morgan fingerprint density at radius 1 is 1.00 bits per heavy atom. The van der Waals surface area contributed by atoms with Crippen molar-refractivity contribution in [3.05, 3.63) is 0 Å². The third-order valence-corrected chi connectivity index (χ3v) is 1.92. The molecule has 1 heterocycles. The highest BCUT2D eigenvalue weighted by Crippen LogP contribution is 2.18. The first-order valence-electron chi connectivity index (χ1n) is 3.65. The van der Waals surface area contributed by atoms with Crippen molar-refractivity contribution >= 4 is 0 Å². The van der Waals surface area contributed by atoms with E-state index in [9.17, 15) is 5.11 Å². The van der Waals surface area contributed by atoms with E-state index in [0.717, 1.165) is 0 Å². The first-order chi connectivity index (χ1) is 5.57. The van der Waals surface area contributed by atoms with Gasteiger partial charge in [0.15, 0.2) is 6.29 Å². The van der Waals surface area contributed by atoms with Gasteiger partial charge in [0, 0.05) is 6.54 Å². The molecule has 1 fully saturated rings. The van der Waals surface area contributed by atoms with Crippen LogP contribution in [-0.4, -0.2) is 57.7 Å². The Kier molecular flexibility index (Phi) is 2.99. The molecule has 1 aliphatic heterocycles. The largest absolute Gasteiger partial charge is 0.388 e. The summed E-state index contributed by atoms with van der Waals surface area (Å²) in [6.45, 7) is -0.0258. The van der Waals surface area contributed by atoms with Crippen LogP contribution in [0.25, 0.3) is 0 Å². The van der Waals surface area contributed by atoms with Gasteiger partial charge in [-0.1, -0.05) is 0 Å². The maximum atomic E-state index is 9.20. The molecular formula is C6H13NO5. The topological polar surface area (TPSA) is 116 Å². The summed E-state index contributed by atoms with van der Waals surface area (Å²) >= 11 is 0. The van der Waals surface area contributed by atoms with Crippen molar-refractivity contribution in [2.75, 3.05) is 6.54 Å². The molecule has 5 atom stereocenters. The lowest BCUT2D eigenvalue weighted by Crippen LogP contribution is -2.59. The van der Waals surface area contributed by atoms with Crippen molar-refractivity contribution in [3.8, 4) is 0 Å². The van der Waals surface area contributed by atoms with Crippen molar-refractivity contribution in [1.82, 2.24) is 0 Å². The van der Waals surface area contributed by atoms with E-state index >= 15 is 0 Å². The summed E-state index contributed by atoms with van der Waals surface area (Å²) in [7, 11) is 0. The lowest BCUT2D eigenvalue weighted by Gasteiger charge is -2.37. The van der Waals surface area contributed by atoms with Crippen molar-refractivity contribution in [3.63, 3.8) is 0 Å². The zero-order valence-electron chi connectivity index (χ0n) is 6.37. The van der Waals surface area contributed by atoms with E-state index in [1.807, 2.05) is 0 Å². The standard InChI is InChI=1S/C6H13NO5/c7-1-2-3(8)4(9)5(10)6(11)12-2/h2-6,8-11H,1,7H2/t2?,3-,4?,5?,6?/m1/s1. The molecule has 0 aromatic carbocycles. The van der Waals surface area contributed by atoms with Gasteiger partial charge >= 0.3 is 0 Å². The van der Waals surface area contributed by atoms with Crippen LogP contribution in [0.4, 0.5) is 0 Å². The van der Waals surface area contributed by atoms with Gasteiger partial charge < -0.3 is 30.9 Å². The molecule has 6 heteroatoms. The molecule has 0 aliphatic carbocycles. The van der Waals surface area contributed by atoms with Gasteiger partial charge in [-0.25, -0.2) is 0 Å². The minimum Gasteiger partial charge on any atom is -0.388 e. The zero-order chi connectivity index (χ0) is 9.30. The average molecular weight is 179 g/mol. The number of hydrogen-bond donors (Lipinski definition) is 5. The predicted octanol–water partition coefficient (Wildman–Crippen LogP) is -3.25. The lowest BCUT2D eigenvalue weighted by molar-refractivity contribution is -0.279. The van der Waals surface area contributed by atoms with Gasteiger partial charge in [-0.05, 0) is 0 Å². The molecule has 6 nitrogen and oxygen atoms in total. The van der Waals surface area contributed by atoms with Crippen molar-refractivity contribution in [1.29, 1.82) is 0 Å². The van der Waals surface area contributed by atoms with E-state index in [0.29, 0.717) is 0 Å². The molecule has 72 valence electrons. The van der Waals surface area contributed by atoms with Crippen LogP contribution in [0.2, 0.25) is 0 Å². The minimum absolute atomic E-state index is 0.0258. The lowest BCUT2D eigenvalue weighted by atomic mass is 9.99.